The highest BCUT2D eigenvalue weighted by atomic mass is 16.6. The van der Waals surface area contributed by atoms with Crippen molar-refractivity contribution in [2.45, 2.75) is 252 Å². The Hall–Kier alpha value is -4.45. The molecule has 0 aliphatic rings. The molecule has 6 heteroatoms. The summed E-state index contributed by atoms with van der Waals surface area (Å²) in [5.41, 5.74) is 0. The van der Waals surface area contributed by atoms with E-state index in [1.165, 1.54) is 89.9 Å². The minimum absolute atomic E-state index is 0.114. The van der Waals surface area contributed by atoms with Crippen molar-refractivity contribution in [3.8, 4) is 0 Å². The molecule has 0 aliphatic heterocycles. The van der Waals surface area contributed by atoms with Crippen molar-refractivity contribution in [2.24, 2.45) is 0 Å². The number of hydrogen-bond acceptors (Lipinski definition) is 6. The van der Waals surface area contributed by atoms with Crippen molar-refractivity contribution < 1.29 is 28.6 Å². The Kier molecular flexibility index (Phi) is 55.5. The monoisotopic (exact) mass is 995 g/mol. The molecule has 0 aliphatic carbocycles. The molecule has 0 saturated carbocycles. The van der Waals surface area contributed by atoms with Gasteiger partial charge in [-0.1, -0.05) is 244 Å². The second-order valence-corrected chi connectivity index (χ2v) is 18.8. The Morgan fingerprint density at radius 2 is 0.611 bits per heavy atom. The average molecular weight is 996 g/mol. The number of unbranched alkanes of at least 4 members (excludes halogenated alkanes) is 19. The van der Waals surface area contributed by atoms with E-state index in [0.717, 1.165) is 109 Å². The van der Waals surface area contributed by atoms with E-state index in [4.69, 9.17) is 14.2 Å². The Morgan fingerprint density at radius 1 is 0.306 bits per heavy atom. The topological polar surface area (TPSA) is 78.9 Å². The van der Waals surface area contributed by atoms with Gasteiger partial charge >= 0.3 is 17.9 Å². The molecule has 0 aromatic carbocycles. The summed E-state index contributed by atoms with van der Waals surface area (Å²) < 4.78 is 16.8. The summed E-state index contributed by atoms with van der Waals surface area (Å²) in [5, 5.41) is 0. The zero-order valence-electron chi connectivity index (χ0n) is 46.4. The highest BCUT2D eigenvalue weighted by molar-refractivity contribution is 5.71. The molecular weight excluding hydrogens is 889 g/mol. The van der Waals surface area contributed by atoms with Gasteiger partial charge in [0.1, 0.15) is 13.2 Å². The highest BCUT2D eigenvalue weighted by Crippen LogP contribution is 2.14. The van der Waals surface area contributed by atoms with Crippen molar-refractivity contribution in [1.29, 1.82) is 0 Å². The predicted octanol–water partition coefficient (Wildman–Crippen LogP) is 19.8. The van der Waals surface area contributed by atoms with Crippen LogP contribution in [0, 0.1) is 0 Å². The zero-order chi connectivity index (χ0) is 52.2. The van der Waals surface area contributed by atoms with Crippen molar-refractivity contribution in [1.82, 2.24) is 0 Å². The van der Waals surface area contributed by atoms with E-state index in [1.807, 2.05) is 6.08 Å². The first kappa shape index (κ1) is 67.5. The Bertz CT molecular complexity index is 1560. The second kappa shape index (κ2) is 59.1. The normalized spacial score (nSPS) is 13.1. The second-order valence-electron chi connectivity index (χ2n) is 18.8. The summed E-state index contributed by atoms with van der Waals surface area (Å²) in [6, 6.07) is 0. The smallest absolute Gasteiger partial charge is 0.306 e. The SMILES string of the molecule is CC/C=C\C/C=C\C/C=C\C/C=C\C/C=C\CCC(=O)OCC(COC(=O)CCCCCCCC/C=C\C/C=C\C/C=C\C/C=C\CC)OC(=O)CCCCCCCCCCCC/C=C\C=C/CCCCC. The first-order valence-corrected chi connectivity index (χ1v) is 29.2. The fourth-order valence-electron chi connectivity index (χ4n) is 7.59. The van der Waals surface area contributed by atoms with Gasteiger partial charge in [-0.25, -0.2) is 0 Å². The van der Waals surface area contributed by atoms with Crippen molar-refractivity contribution >= 4 is 17.9 Å². The van der Waals surface area contributed by atoms with Gasteiger partial charge < -0.3 is 14.2 Å². The van der Waals surface area contributed by atoms with Crippen LogP contribution in [-0.2, 0) is 28.6 Å². The molecule has 406 valence electrons. The van der Waals surface area contributed by atoms with Crippen molar-refractivity contribution in [2.75, 3.05) is 13.2 Å². The quantitative estimate of drug-likeness (QED) is 0.0199. The molecule has 1 atom stereocenters. The Labute approximate surface area is 443 Å². The molecule has 0 radical (unpaired) electrons. The summed E-state index contributed by atoms with van der Waals surface area (Å²) in [7, 11) is 0. The van der Waals surface area contributed by atoms with E-state index < -0.39 is 6.10 Å². The van der Waals surface area contributed by atoms with E-state index >= 15 is 0 Å². The molecule has 1 unspecified atom stereocenters. The number of rotatable bonds is 51. The van der Waals surface area contributed by atoms with Crippen LogP contribution in [0.3, 0.4) is 0 Å². The molecule has 0 amide bonds. The van der Waals surface area contributed by atoms with Crippen LogP contribution in [0.25, 0.3) is 0 Å². The molecule has 0 heterocycles. The van der Waals surface area contributed by atoms with Gasteiger partial charge in [-0.15, -0.1) is 0 Å². The summed E-state index contributed by atoms with van der Waals surface area (Å²) in [4.78, 5) is 38.2. The minimum atomic E-state index is -0.822. The molecule has 72 heavy (non-hydrogen) atoms. The first-order chi connectivity index (χ1) is 35.5. The van der Waals surface area contributed by atoms with Crippen LogP contribution >= 0.6 is 0 Å². The third-order valence-corrected chi connectivity index (χ3v) is 11.9. The molecule has 0 saturated heterocycles. The van der Waals surface area contributed by atoms with Crippen LogP contribution < -0.4 is 0 Å². The van der Waals surface area contributed by atoms with Gasteiger partial charge in [0.15, 0.2) is 6.10 Å². The number of hydrogen-bond donors (Lipinski definition) is 0. The van der Waals surface area contributed by atoms with E-state index in [9.17, 15) is 14.4 Å². The van der Waals surface area contributed by atoms with Crippen LogP contribution in [0.1, 0.15) is 245 Å². The van der Waals surface area contributed by atoms with Crippen molar-refractivity contribution in [3.05, 3.63) is 134 Å². The highest BCUT2D eigenvalue weighted by Gasteiger charge is 2.19. The van der Waals surface area contributed by atoms with Crippen LogP contribution in [0.5, 0.6) is 0 Å². The van der Waals surface area contributed by atoms with Gasteiger partial charge in [-0.2, -0.15) is 0 Å². The fourth-order valence-corrected chi connectivity index (χ4v) is 7.59. The fraction of sp³-hybridized carbons (Fsp3) is 0.621. The molecule has 0 N–H and O–H groups in total. The zero-order valence-corrected chi connectivity index (χ0v) is 46.4. The lowest BCUT2D eigenvalue weighted by Gasteiger charge is -2.18. The van der Waals surface area contributed by atoms with Gasteiger partial charge in [-0.3, -0.25) is 14.4 Å². The Morgan fingerprint density at radius 3 is 1.01 bits per heavy atom. The Balaban J connectivity index is 4.52. The number of ether oxygens (including phenoxy) is 3. The molecule has 6 nitrogen and oxygen atoms in total. The van der Waals surface area contributed by atoms with Crippen molar-refractivity contribution in [3.63, 3.8) is 0 Å². The third-order valence-electron chi connectivity index (χ3n) is 11.9. The van der Waals surface area contributed by atoms with Gasteiger partial charge in [0.25, 0.3) is 0 Å². The first-order valence-electron chi connectivity index (χ1n) is 29.2. The molecule has 0 rings (SSSR count). The van der Waals surface area contributed by atoms with E-state index in [1.54, 1.807) is 0 Å². The maximum Gasteiger partial charge on any atom is 0.306 e. The maximum atomic E-state index is 12.9. The molecule has 0 fully saturated rings. The summed E-state index contributed by atoms with van der Waals surface area (Å²) in [6.45, 7) is 6.30. The number of allylic oxidation sites excluding steroid dienone is 22. The standard InChI is InChI=1S/C66H106O6/c1-4-7-10-13-16-19-22-25-28-31-33-35-38-41-44-47-50-53-56-59-65(68)71-62-63(61-70-64(67)58-55-52-49-46-43-40-37-30-27-24-21-18-15-12-9-6-3)72-66(69)60-57-54-51-48-45-42-39-36-34-32-29-26-23-20-17-14-11-8-5-2/h7,9-10,12,16-21,23,25-28,30,33,35,40,43,49,52,63H,4-6,8,11,13-15,22,24,29,31-32,34,36-39,41-42,44-48,50-51,53-62H2,1-3H3/b10-7-,12-9-,19-16-,20-17-,21-18-,26-23-,28-25-,30-27-,35-33-,43-40-,52-49-. The summed E-state index contributed by atoms with van der Waals surface area (Å²) >= 11 is 0. The van der Waals surface area contributed by atoms with Crippen LogP contribution in [0.2, 0.25) is 0 Å². The van der Waals surface area contributed by atoms with E-state index in [2.05, 4.69) is 148 Å². The predicted molar refractivity (Wildman–Crippen MR) is 311 cm³/mol. The number of esters is 3. The molecule has 0 bridgehead atoms. The average Bonchev–Trinajstić information content (AvgIpc) is 3.38. The molecule has 0 spiro atoms. The van der Waals surface area contributed by atoms with E-state index in [-0.39, 0.29) is 37.5 Å². The maximum absolute atomic E-state index is 12.9. The molecular formula is C66H106O6. The lowest BCUT2D eigenvalue weighted by Crippen LogP contribution is -2.30. The summed E-state index contributed by atoms with van der Waals surface area (Å²) in [5.74, 6) is -1.02. The van der Waals surface area contributed by atoms with E-state index in [0.29, 0.717) is 19.3 Å². The van der Waals surface area contributed by atoms with Crippen LogP contribution in [0.15, 0.2) is 134 Å². The molecule has 0 aromatic rings. The minimum Gasteiger partial charge on any atom is -0.462 e. The van der Waals surface area contributed by atoms with Crippen LogP contribution in [-0.4, -0.2) is 37.2 Å². The largest absolute Gasteiger partial charge is 0.462 e. The lowest BCUT2D eigenvalue weighted by atomic mass is 10.1. The lowest BCUT2D eigenvalue weighted by molar-refractivity contribution is -0.166. The molecule has 0 aromatic heterocycles. The number of carbonyl (C=O) groups is 3. The van der Waals surface area contributed by atoms with Crippen LogP contribution in [0.4, 0.5) is 0 Å². The van der Waals surface area contributed by atoms with Gasteiger partial charge in [0.05, 0.1) is 0 Å². The number of carbonyl (C=O) groups excluding carboxylic acids is 3. The summed E-state index contributed by atoms with van der Waals surface area (Å²) in [6.07, 6.45) is 83.1. The third kappa shape index (κ3) is 56.5. The van der Waals surface area contributed by atoms with Gasteiger partial charge in [-0.05, 0) is 116 Å². The van der Waals surface area contributed by atoms with Gasteiger partial charge in [0, 0.05) is 19.3 Å². The van der Waals surface area contributed by atoms with Gasteiger partial charge in [0.2, 0.25) is 0 Å².